The Morgan fingerprint density at radius 3 is 1.48 bits per heavy atom. The molecule has 0 saturated carbocycles. The van der Waals surface area contributed by atoms with Gasteiger partial charge < -0.3 is 22.4 Å². The van der Waals surface area contributed by atoms with Crippen molar-refractivity contribution in [2.45, 2.75) is 6.92 Å². The largest absolute Gasteiger partial charge is 0.673 e. The van der Waals surface area contributed by atoms with Gasteiger partial charge in [-0.1, -0.05) is 54.1 Å². The summed E-state index contributed by atoms with van der Waals surface area (Å²) in [7, 11) is -6.00. The quantitative estimate of drug-likeness (QED) is 0.215. The molecule has 3 nitrogen and oxygen atoms in total. The average Bonchev–Trinajstić information content (AvgIpc) is 2.79. The molecular weight excluding hydrogens is 433 g/mol. The molecule has 168 valence electrons. The third kappa shape index (κ3) is 6.52. The molecule has 0 amide bonds. The van der Waals surface area contributed by atoms with Crippen molar-refractivity contribution in [3.8, 4) is 28.2 Å². The molecule has 0 aliphatic carbocycles. The molecule has 0 spiro atoms. The normalized spacial score (nSPS) is 10.8. The fraction of sp³-hybridized carbons (Fsp3) is 0.0400. The number of aromatic carboxylic acids is 1. The van der Waals surface area contributed by atoms with Gasteiger partial charge in [-0.05, 0) is 31.2 Å². The number of carboxylic acid groups (broad SMARTS) is 1. The van der Waals surface area contributed by atoms with Gasteiger partial charge in [0.25, 0.3) is 0 Å². The standard InChI is InChI=1S/C25H19NO2.BF4/c1-18-12-14-22(15-13-18)26-23(19-8-4-2-5-9-19)16-21(25(27)28)17-24(26)20-10-6-3-7-11-20;2-1(3,4)5/h2-17H,1H3;/q;-1/p+1. The van der Waals surface area contributed by atoms with Gasteiger partial charge >= 0.3 is 13.2 Å². The Labute approximate surface area is 188 Å². The first-order valence-corrected chi connectivity index (χ1v) is 10.0. The molecule has 0 bridgehead atoms. The van der Waals surface area contributed by atoms with Crippen molar-refractivity contribution in [3.63, 3.8) is 0 Å². The van der Waals surface area contributed by atoms with Crippen molar-refractivity contribution in [1.82, 2.24) is 0 Å². The summed E-state index contributed by atoms with van der Waals surface area (Å²) in [6.45, 7) is 2.05. The van der Waals surface area contributed by atoms with Crippen LogP contribution in [0, 0.1) is 6.92 Å². The molecule has 0 atom stereocenters. The Morgan fingerprint density at radius 2 is 1.12 bits per heavy atom. The SMILES string of the molecule is Cc1ccc(-[n+]2c(-c3ccccc3)cc(C(=O)O)cc2-c2ccccc2)cc1.F[B-](F)(F)F. The van der Waals surface area contributed by atoms with Gasteiger partial charge in [0.05, 0.1) is 5.56 Å². The summed E-state index contributed by atoms with van der Waals surface area (Å²) >= 11 is 0. The molecule has 0 saturated heterocycles. The number of aromatic nitrogens is 1. The molecule has 0 radical (unpaired) electrons. The number of pyridine rings is 1. The van der Waals surface area contributed by atoms with E-state index in [2.05, 4.69) is 35.8 Å². The predicted molar refractivity (Wildman–Crippen MR) is 121 cm³/mol. The van der Waals surface area contributed by atoms with Gasteiger partial charge in [-0.15, -0.1) is 0 Å². The van der Waals surface area contributed by atoms with Gasteiger partial charge in [-0.25, -0.2) is 4.79 Å². The zero-order valence-electron chi connectivity index (χ0n) is 17.6. The van der Waals surface area contributed by atoms with E-state index in [0.29, 0.717) is 0 Å². The van der Waals surface area contributed by atoms with Gasteiger partial charge in [0.1, 0.15) is 0 Å². The highest BCUT2D eigenvalue weighted by molar-refractivity contribution is 6.50. The van der Waals surface area contributed by atoms with E-state index in [1.807, 2.05) is 60.7 Å². The Morgan fingerprint density at radius 1 is 0.727 bits per heavy atom. The van der Waals surface area contributed by atoms with Crippen LogP contribution in [0.15, 0.2) is 97.1 Å². The number of nitrogens with zero attached hydrogens (tertiary/aromatic N) is 1. The molecule has 33 heavy (non-hydrogen) atoms. The van der Waals surface area contributed by atoms with Gasteiger partial charge in [0.15, 0.2) is 0 Å². The maximum Gasteiger partial charge on any atom is 0.673 e. The lowest BCUT2D eigenvalue weighted by Crippen LogP contribution is -2.37. The van der Waals surface area contributed by atoms with E-state index in [4.69, 9.17) is 0 Å². The third-order valence-electron chi connectivity index (χ3n) is 4.74. The van der Waals surface area contributed by atoms with Gasteiger partial charge in [0.2, 0.25) is 17.1 Å². The highest BCUT2D eigenvalue weighted by atomic mass is 19.5. The summed E-state index contributed by atoms with van der Waals surface area (Å²) < 4.78 is 41.1. The molecule has 0 fully saturated rings. The van der Waals surface area contributed by atoms with Crippen molar-refractivity contribution >= 4 is 13.2 Å². The topological polar surface area (TPSA) is 41.2 Å². The van der Waals surface area contributed by atoms with E-state index in [1.54, 1.807) is 12.1 Å². The molecular formula is C25H20BF4NO2. The summed E-state index contributed by atoms with van der Waals surface area (Å²) in [5, 5.41) is 9.72. The molecule has 4 rings (SSSR count). The number of benzene rings is 3. The van der Waals surface area contributed by atoms with Crippen molar-refractivity contribution in [2.75, 3.05) is 0 Å². The number of hydrogen-bond donors (Lipinski definition) is 1. The van der Waals surface area contributed by atoms with Crippen LogP contribution in [0.2, 0.25) is 0 Å². The smallest absolute Gasteiger partial charge is 0.478 e. The van der Waals surface area contributed by atoms with Crippen molar-refractivity contribution in [3.05, 3.63) is 108 Å². The first kappa shape index (κ1) is 23.7. The minimum atomic E-state index is -6.00. The lowest BCUT2D eigenvalue weighted by molar-refractivity contribution is -0.572. The van der Waals surface area contributed by atoms with E-state index in [0.717, 1.165) is 28.2 Å². The summed E-state index contributed by atoms with van der Waals surface area (Å²) in [6.07, 6.45) is 0. The number of hydrogen-bond acceptors (Lipinski definition) is 1. The summed E-state index contributed by atoms with van der Waals surface area (Å²) in [4.78, 5) is 11.9. The van der Waals surface area contributed by atoms with Crippen LogP contribution in [0.3, 0.4) is 0 Å². The molecule has 8 heteroatoms. The Balaban J connectivity index is 0.000000555. The van der Waals surface area contributed by atoms with Gasteiger partial charge in [-0.2, -0.15) is 4.57 Å². The predicted octanol–water partition coefficient (Wildman–Crippen LogP) is 6.60. The molecule has 0 aliphatic heterocycles. The summed E-state index contributed by atoms with van der Waals surface area (Å²) in [5.41, 5.74) is 6.02. The van der Waals surface area contributed by atoms with Crippen LogP contribution in [0.25, 0.3) is 28.2 Å². The molecule has 1 aromatic heterocycles. The lowest BCUT2D eigenvalue weighted by Gasteiger charge is -2.11. The molecule has 3 aromatic carbocycles. The zero-order chi connectivity index (χ0) is 24.0. The number of carboxylic acids is 1. The van der Waals surface area contributed by atoms with Crippen LogP contribution in [0.4, 0.5) is 17.3 Å². The van der Waals surface area contributed by atoms with E-state index in [-0.39, 0.29) is 5.56 Å². The van der Waals surface area contributed by atoms with E-state index >= 15 is 0 Å². The Hall–Kier alpha value is -3.94. The number of aryl methyl sites for hydroxylation is 1. The van der Waals surface area contributed by atoms with Gasteiger partial charge in [-0.3, -0.25) is 0 Å². The van der Waals surface area contributed by atoms with E-state index in [1.165, 1.54) is 5.56 Å². The monoisotopic (exact) mass is 453 g/mol. The summed E-state index contributed by atoms with van der Waals surface area (Å²) in [6, 6.07) is 31.5. The first-order valence-electron chi connectivity index (χ1n) is 10.0. The van der Waals surface area contributed by atoms with Crippen molar-refractivity contribution in [2.24, 2.45) is 0 Å². The fourth-order valence-corrected chi connectivity index (χ4v) is 3.33. The molecule has 1 heterocycles. The maximum atomic E-state index is 11.9. The molecule has 0 unspecified atom stereocenters. The van der Waals surface area contributed by atoms with E-state index in [9.17, 15) is 27.2 Å². The first-order chi connectivity index (χ1) is 15.6. The average molecular weight is 453 g/mol. The maximum absolute atomic E-state index is 11.9. The molecule has 0 aliphatic rings. The fourth-order valence-electron chi connectivity index (χ4n) is 3.33. The second-order valence-electron chi connectivity index (χ2n) is 7.22. The van der Waals surface area contributed by atoms with Crippen molar-refractivity contribution < 1.29 is 31.7 Å². The van der Waals surface area contributed by atoms with E-state index < -0.39 is 13.2 Å². The van der Waals surface area contributed by atoms with Crippen LogP contribution in [-0.4, -0.2) is 18.3 Å². The van der Waals surface area contributed by atoms with Crippen LogP contribution < -0.4 is 4.57 Å². The number of carbonyl (C=O) groups is 1. The van der Waals surface area contributed by atoms with Crippen LogP contribution in [0.1, 0.15) is 15.9 Å². The zero-order valence-corrected chi connectivity index (χ0v) is 17.6. The minimum Gasteiger partial charge on any atom is -0.478 e. The number of rotatable bonds is 4. The van der Waals surface area contributed by atoms with Gasteiger partial charge in [0, 0.05) is 35.4 Å². The number of halogens is 4. The lowest BCUT2D eigenvalue weighted by atomic mass is 10.0. The van der Waals surface area contributed by atoms with Crippen molar-refractivity contribution in [1.29, 1.82) is 0 Å². The second kappa shape index (κ2) is 10.1. The highest BCUT2D eigenvalue weighted by Crippen LogP contribution is 2.25. The van der Waals surface area contributed by atoms with Crippen LogP contribution in [0.5, 0.6) is 0 Å². The third-order valence-corrected chi connectivity index (χ3v) is 4.74. The molecule has 1 N–H and O–H groups in total. The Bertz CT molecular complexity index is 1160. The minimum absolute atomic E-state index is 0.265. The van der Waals surface area contributed by atoms with Crippen LogP contribution >= 0.6 is 0 Å². The summed E-state index contributed by atoms with van der Waals surface area (Å²) in [5.74, 6) is -0.939. The highest BCUT2D eigenvalue weighted by Gasteiger charge is 2.26. The van der Waals surface area contributed by atoms with Crippen LogP contribution in [-0.2, 0) is 0 Å². The molecule has 4 aromatic rings. The Kier molecular flexibility index (Phi) is 7.28. The second-order valence-corrected chi connectivity index (χ2v) is 7.22.